The number of carbonyl (C=O) groups excluding carboxylic acids is 2. The lowest BCUT2D eigenvalue weighted by molar-refractivity contribution is 0.0731. The van der Waals surface area contributed by atoms with E-state index in [1.807, 2.05) is 0 Å². The molecule has 136 valence electrons. The Labute approximate surface area is 157 Å². The molecule has 0 saturated heterocycles. The Hall–Kier alpha value is -3.60. The molecular weight excluding hydrogens is 344 g/mol. The van der Waals surface area contributed by atoms with E-state index in [1.165, 1.54) is 14.2 Å². The van der Waals surface area contributed by atoms with Crippen LogP contribution in [0.5, 0.6) is 17.2 Å². The molecule has 0 radical (unpaired) electrons. The minimum absolute atomic E-state index is 0.171. The third-order valence-corrected chi connectivity index (χ3v) is 4.01. The lowest BCUT2D eigenvalue weighted by Gasteiger charge is -2.09. The molecule has 0 heterocycles. The number of rotatable bonds is 6. The first kappa shape index (κ1) is 18.2. The van der Waals surface area contributed by atoms with Crippen LogP contribution in [0, 0.1) is 0 Å². The summed E-state index contributed by atoms with van der Waals surface area (Å²) in [5, 5.41) is 0. The zero-order valence-electron chi connectivity index (χ0n) is 15.0. The van der Waals surface area contributed by atoms with Crippen LogP contribution in [0.2, 0.25) is 0 Å². The molecule has 0 bridgehead atoms. The summed E-state index contributed by atoms with van der Waals surface area (Å²) in [7, 11) is 3.01. The maximum absolute atomic E-state index is 12.7. The van der Waals surface area contributed by atoms with E-state index in [0.717, 1.165) is 0 Å². The summed E-state index contributed by atoms with van der Waals surface area (Å²) in [6.07, 6.45) is 0. The summed E-state index contributed by atoms with van der Waals surface area (Å²) in [6.45, 7) is 0. The minimum Gasteiger partial charge on any atom is -0.496 e. The van der Waals surface area contributed by atoms with E-state index in [2.05, 4.69) is 0 Å². The second-order valence-electron chi connectivity index (χ2n) is 5.64. The van der Waals surface area contributed by atoms with Crippen molar-refractivity contribution in [1.29, 1.82) is 0 Å². The highest BCUT2D eigenvalue weighted by atomic mass is 16.5. The molecular formula is C22H18O5. The molecule has 3 aromatic carbocycles. The van der Waals surface area contributed by atoms with Gasteiger partial charge in [-0.1, -0.05) is 24.3 Å². The van der Waals surface area contributed by atoms with Gasteiger partial charge < -0.3 is 14.2 Å². The summed E-state index contributed by atoms with van der Waals surface area (Å²) in [6, 6.07) is 20.2. The molecule has 3 aromatic rings. The first-order valence-corrected chi connectivity index (χ1v) is 8.27. The van der Waals surface area contributed by atoms with Crippen LogP contribution in [-0.4, -0.2) is 26.0 Å². The SMILES string of the molecule is COc1ccccc1C(=O)Oc1ccc(C(=O)c2ccccc2OC)cc1. The number of esters is 1. The summed E-state index contributed by atoms with van der Waals surface area (Å²) in [5.74, 6) is 0.577. The molecule has 0 saturated carbocycles. The second kappa shape index (κ2) is 8.19. The topological polar surface area (TPSA) is 61.8 Å². The van der Waals surface area contributed by atoms with Crippen molar-refractivity contribution in [2.24, 2.45) is 0 Å². The van der Waals surface area contributed by atoms with Crippen molar-refractivity contribution in [3.8, 4) is 17.2 Å². The molecule has 0 N–H and O–H groups in total. The summed E-state index contributed by atoms with van der Waals surface area (Å²) in [5.41, 5.74) is 1.27. The van der Waals surface area contributed by atoms with Gasteiger partial charge in [-0.15, -0.1) is 0 Å². The monoisotopic (exact) mass is 362 g/mol. The quantitative estimate of drug-likeness (QED) is 0.374. The Morgan fingerprint density at radius 1 is 0.667 bits per heavy atom. The van der Waals surface area contributed by atoms with Crippen molar-refractivity contribution in [3.63, 3.8) is 0 Å². The van der Waals surface area contributed by atoms with Crippen molar-refractivity contribution in [3.05, 3.63) is 89.5 Å². The number of hydrogen-bond donors (Lipinski definition) is 0. The van der Waals surface area contributed by atoms with Gasteiger partial charge in [0.05, 0.1) is 19.8 Å². The average molecular weight is 362 g/mol. The van der Waals surface area contributed by atoms with Crippen LogP contribution >= 0.6 is 0 Å². The van der Waals surface area contributed by atoms with Crippen LogP contribution in [0.4, 0.5) is 0 Å². The molecule has 27 heavy (non-hydrogen) atoms. The van der Waals surface area contributed by atoms with Gasteiger partial charge in [-0.05, 0) is 48.5 Å². The van der Waals surface area contributed by atoms with Gasteiger partial charge in [-0.25, -0.2) is 4.79 Å². The predicted octanol–water partition coefficient (Wildman–Crippen LogP) is 4.15. The van der Waals surface area contributed by atoms with Crippen molar-refractivity contribution in [2.75, 3.05) is 14.2 Å². The van der Waals surface area contributed by atoms with Gasteiger partial charge in [0, 0.05) is 5.56 Å². The van der Waals surface area contributed by atoms with E-state index < -0.39 is 5.97 Å². The Bertz CT molecular complexity index is 960. The minimum atomic E-state index is -0.531. The Kier molecular flexibility index (Phi) is 5.52. The molecule has 0 aliphatic heterocycles. The summed E-state index contributed by atoms with van der Waals surface area (Å²) in [4.78, 5) is 25.0. The Morgan fingerprint density at radius 2 is 1.19 bits per heavy atom. The number of carbonyl (C=O) groups is 2. The third kappa shape index (κ3) is 3.98. The second-order valence-corrected chi connectivity index (χ2v) is 5.64. The Balaban J connectivity index is 1.77. The zero-order valence-corrected chi connectivity index (χ0v) is 15.0. The van der Waals surface area contributed by atoms with Gasteiger partial charge in [0.1, 0.15) is 22.8 Å². The summed E-state index contributed by atoms with van der Waals surface area (Å²) < 4.78 is 15.8. The average Bonchev–Trinajstić information content (AvgIpc) is 2.73. The first-order valence-electron chi connectivity index (χ1n) is 8.27. The highest BCUT2D eigenvalue weighted by Gasteiger charge is 2.16. The number of methoxy groups -OCH3 is 2. The molecule has 3 rings (SSSR count). The van der Waals surface area contributed by atoms with Gasteiger partial charge in [-0.2, -0.15) is 0 Å². The van der Waals surface area contributed by atoms with Crippen molar-refractivity contribution >= 4 is 11.8 Å². The lowest BCUT2D eigenvalue weighted by atomic mass is 10.0. The number of ether oxygens (including phenoxy) is 3. The first-order chi connectivity index (χ1) is 13.1. The fourth-order valence-electron chi connectivity index (χ4n) is 2.64. The fraction of sp³-hybridized carbons (Fsp3) is 0.0909. The van der Waals surface area contributed by atoms with E-state index in [1.54, 1.807) is 72.8 Å². The van der Waals surface area contributed by atoms with Gasteiger partial charge in [0.15, 0.2) is 5.78 Å². The van der Waals surface area contributed by atoms with E-state index in [4.69, 9.17) is 14.2 Å². The molecule has 0 unspecified atom stereocenters. The molecule has 0 aromatic heterocycles. The maximum Gasteiger partial charge on any atom is 0.347 e. The van der Waals surface area contributed by atoms with Gasteiger partial charge in [0.25, 0.3) is 0 Å². The molecule has 5 nitrogen and oxygen atoms in total. The highest BCUT2D eigenvalue weighted by molar-refractivity contribution is 6.10. The fourth-order valence-corrected chi connectivity index (χ4v) is 2.64. The molecule has 0 amide bonds. The van der Waals surface area contributed by atoms with Gasteiger partial charge >= 0.3 is 5.97 Å². The number of ketones is 1. The number of benzene rings is 3. The van der Waals surface area contributed by atoms with Crippen LogP contribution in [-0.2, 0) is 0 Å². The van der Waals surface area contributed by atoms with Crippen LogP contribution in [0.3, 0.4) is 0 Å². The zero-order chi connectivity index (χ0) is 19.2. The molecule has 5 heteroatoms. The molecule has 0 spiro atoms. The third-order valence-electron chi connectivity index (χ3n) is 4.01. The number of para-hydroxylation sites is 2. The smallest absolute Gasteiger partial charge is 0.347 e. The van der Waals surface area contributed by atoms with E-state index in [0.29, 0.717) is 33.9 Å². The van der Waals surface area contributed by atoms with E-state index in [9.17, 15) is 9.59 Å². The standard InChI is InChI=1S/C22H18O5/c1-25-19-9-5-3-7-17(19)21(23)15-11-13-16(14-12-15)27-22(24)18-8-4-6-10-20(18)26-2/h3-14H,1-2H3. The summed E-state index contributed by atoms with van der Waals surface area (Å²) >= 11 is 0. The largest absolute Gasteiger partial charge is 0.496 e. The predicted molar refractivity (Wildman–Crippen MR) is 101 cm³/mol. The van der Waals surface area contributed by atoms with E-state index in [-0.39, 0.29) is 5.78 Å². The van der Waals surface area contributed by atoms with Gasteiger partial charge in [0.2, 0.25) is 0 Å². The highest BCUT2D eigenvalue weighted by Crippen LogP contribution is 2.24. The normalized spacial score (nSPS) is 10.1. The van der Waals surface area contributed by atoms with Crippen molar-refractivity contribution in [2.45, 2.75) is 0 Å². The molecule has 0 aliphatic carbocycles. The van der Waals surface area contributed by atoms with Crippen LogP contribution in [0.1, 0.15) is 26.3 Å². The number of hydrogen-bond acceptors (Lipinski definition) is 5. The maximum atomic E-state index is 12.7. The van der Waals surface area contributed by atoms with Crippen LogP contribution < -0.4 is 14.2 Å². The molecule has 0 fully saturated rings. The van der Waals surface area contributed by atoms with Crippen LogP contribution in [0.25, 0.3) is 0 Å². The molecule has 0 atom stereocenters. The Morgan fingerprint density at radius 3 is 1.78 bits per heavy atom. The lowest BCUT2D eigenvalue weighted by Crippen LogP contribution is -2.10. The van der Waals surface area contributed by atoms with Gasteiger partial charge in [-0.3, -0.25) is 4.79 Å². The molecule has 0 aliphatic rings. The van der Waals surface area contributed by atoms with Crippen molar-refractivity contribution in [1.82, 2.24) is 0 Å². The van der Waals surface area contributed by atoms with E-state index >= 15 is 0 Å². The van der Waals surface area contributed by atoms with Crippen LogP contribution in [0.15, 0.2) is 72.8 Å². The van der Waals surface area contributed by atoms with Crippen molar-refractivity contribution < 1.29 is 23.8 Å².